The number of hydrogen-bond donors (Lipinski definition) is 1. The topological polar surface area (TPSA) is 75.2 Å². The van der Waals surface area contributed by atoms with Crippen molar-refractivity contribution >= 4 is 45.6 Å². The van der Waals surface area contributed by atoms with E-state index in [1.807, 2.05) is 25.1 Å². The molecule has 0 spiro atoms. The largest absolute Gasteiger partial charge is 0.357 e. The third-order valence-corrected chi connectivity index (χ3v) is 6.64. The van der Waals surface area contributed by atoms with Crippen molar-refractivity contribution in [2.75, 3.05) is 16.8 Å². The molecule has 26 heavy (non-hydrogen) atoms. The van der Waals surface area contributed by atoms with Gasteiger partial charge in [-0.1, -0.05) is 23.1 Å². The second kappa shape index (κ2) is 7.00. The third kappa shape index (κ3) is 3.61. The highest BCUT2D eigenvalue weighted by Crippen LogP contribution is 2.34. The summed E-state index contributed by atoms with van der Waals surface area (Å²) in [6, 6.07) is 6.18. The first-order valence-corrected chi connectivity index (χ1v) is 10.4. The molecule has 1 unspecified atom stereocenters. The molecular weight excluding hydrogens is 368 g/mol. The van der Waals surface area contributed by atoms with E-state index >= 15 is 0 Å². The van der Waals surface area contributed by atoms with Crippen molar-refractivity contribution in [2.45, 2.75) is 48.7 Å². The Balaban J connectivity index is 1.43. The van der Waals surface area contributed by atoms with Crippen molar-refractivity contribution in [1.29, 1.82) is 0 Å². The Morgan fingerprint density at radius 1 is 1.35 bits per heavy atom. The van der Waals surface area contributed by atoms with Crippen molar-refractivity contribution in [3.8, 4) is 0 Å². The van der Waals surface area contributed by atoms with Gasteiger partial charge in [0, 0.05) is 30.8 Å². The van der Waals surface area contributed by atoms with Crippen molar-refractivity contribution in [2.24, 2.45) is 0 Å². The van der Waals surface area contributed by atoms with Gasteiger partial charge in [-0.2, -0.15) is 0 Å². The number of amides is 1. The second-order valence-electron chi connectivity index (χ2n) is 6.68. The highest BCUT2D eigenvalue weighted by molar-refractivity contribution is 8.02. The fourth-order valence-corrected chi connectivity index (χ4v) is 5.09. The molecule has 1 saturated carbocycles. The normalized spacial score (nSPS) is 17.1. The molecule has 1 amide bonds. The molecule has 2 aliphatic rings. The number of ketones is 1. The molecule has 0 radical (unpaired) electrons. The minimum absolute atomic E-state index is 0.0404. The maximum Gasteiger partial charge on any atom is 0.223 e. The van der Waals surface area contributed by atoms with Gasteiger partial charge in [0.15, 0.2) is 10.1 Å². The Kier molecular flexibility index (Phi) is 4.71. The molecule has 8 heteroatoms. The van der Waals surface area contributed by atoms with Gasteiger partial charge in [-0.05, 0) is 49.9 Å². The molecule has 1 N–H and O–H groups in total. The number of anilines is 2. The molecule has 1 fully saturated rings. The molecule has 1 atom stereocenters. The standard InChI is InChI=1S/C18H20N4O2S2/c1-10(25-18-21-20-17(26-18)19-14-4-5-14)16(24)13-3-6-15-12(9-13)7-8-22(15)11(2)23/h3,6,9-10,14H,4-5,7-8H2,1-2H3,(H,19,20). The number of nitrogens with zero attached hydrogens (tertiary/aromatic N) is 3. The van der Waals surface area contributed by atoms with E-state index in [1.54, 1.807) is 11.8 Å². The van der Waals surface area contributed by atoms with E-state index < -0.39 is 0 Å². The number of aromatic nitrogens is 2. The van der Waals surface area contributed by atoms with Gasteiger partial charge < -0.3 is 10.2 Å². The van der Waals surface area contributed by atoms with E-state index in [4.69, 9.17) is 0 Å². The van der Waals surface area contributed by atoms with E-state index in [1.165, 1.54) is 35.9 Å². The molecule has 6 nitrogen and oxygen atoms in total. The minimum atomic E-state index is -0.236. The minimum Gasteiger partial charge on any atom is -0.357 e. The lowest BCUT2D eigenvalue weighted by atomic mass is 10.0. The summed E-state index contributed by atoms with van der Waals surface area (Å²) in [6.45, 7) is 4.16. The number of Topliss-reactive ketones (excluding diaryl/α,β-unsaturated/α-hetero) is 1. The molecule has 4 rings (SSSR count). The Morgan fingerprint density at radius 2 is 2.15 bits per heavy atom. The van der Waals surface area contributed by atoms with E-state index in [0.717, 1.165) is 27.1 Å². The van der Waals surface area contributed by atoms with Crippen LogP contribution in [0.15, 0.2) is 22.5 Å². The van der Waals surface area contributed by atoms with Crippen LogP contribution < -0.4 is 10.2 Å². The Bertz CT molecular complexity index is 863. The molecule has 1 aliphatic carbocycles. The van der Waals surface area contributed by atoms with Crippen molar-refractivity contribution in [3.05, 3.63) is 29.3 Å². The number of carbonyl (C=O) groups is 2. The van der Waals surface area contributed by atoms with Gasteiger partial charge in [-0.15, -0.1) is 10.2 Å². The first-order chi connectivity index (χ1) is 12.5. The van der Waals surface area contributed by atoms with Gasteiger partial charge in [0.1, 0.15) is 0 Å². The third-order valence-electron chi connectivity index (χ3n) is 4.60. The van der Waals surface area contributed by atoms with Crippen LogP contribution in [0.1, 0.15) is 42.6 Å². The molecular formula is C18H20N4O2S2. The number of thioether (sulfide) groups is 1. The summed E-state index contributed by atoms with van der Waals surface area (Å²) in [5, 5.41) is 12.2. The Labute approximate surface area is 160 Å². The van der Waals surface area contributed by atoms with Gasteiger partial charge in [0.2, 0.25) is 11.0 Å². The van der Waals surface area contributed by atoms with Gasteiger partial charge in [-0.3, -0.25) is 9.59 Å². The lowest BCUT2D eigenvalue weighted by Gasteiger charge is -2.15. The highest BCUT2D eigenvalue weighted by atomic mass is 32.2. The zero-order chi connectivity index (χ0) is 18.3. The number of carbonyl (C=O) groups excluding carboxylic acids is 2. The lowest BCUT2D eigenvalue weighted by molar-refractivity contribution is -0.116. The van der Waals surface area contributed by atoms with E-state index in [2.05, 4.69) is 15.5 Å². The van der Waals surface area contributed by atoms with Gasteiger partial charge >= 0.3 is 0 Å². The second-order valence-corrected chi connectivity index (χ2v) is 9.25. The number of benzene rings is 1. The summed E-state index contributed by atoms with van der Waals surface area (Å²) < 4.78 is 0.804. The molecule has 1 aromatic carbocycles. The van der Waals surface area contributed by atoms with Crippen LogP contribution >= 0.6 is 23.1 Å². The Morgan fingerprint density at radius 3 is 2.88 bits per heavy atom. The van der Waals surface area contributed by atoms with Crippen LogP contribution in [0.2, 0.25) is 0 Å². The molecule has 136 valence electrons. The van der Waals surface area contributed by atoms with E-state index in [0.29, 0.717) is 18.2 Å². The number of fused-ring (bicyclic) bond motifs is 1. The summed E-state index contributed by atoms with van der Waals surface area (Å²) in [7, 11) is 0. The maximum absolute atomic E-state index is 12.8. The van der Waals surface area contributed by atoms with E-state index in [9.17, 15) is 9.59 Å². The van der Waals surface area contributed by atoms with Crippen LogP contribution in [-0.2, 0) is 11.2 Å². The monoisotopic (exact) mass is 388 g/mol. The van der Waals surface area contributed by atoms with Crippen molar-refractivity contribution in [3.63, 3.8) is 0 Å². The first kappa shape index (κ1) is 17.5. The first-order valence-electron chi connectivity index (χ1n) is 8.73. The molecule has 0 bridgehead atoms. The molecule has 2 heterocycles. The predicted octanol–water partition coefficient (Wildman–Crippen LogP) is 3.38. The van der Waals surface area contributed by atoms with Gasteiger partial charge in [-0.25, -0.2) is 0 Å². The zero-order valence-corrected chi connectivity index (χ0v) is 16.3. The molecule has 2 aromatic rings. The van der Waals surface area contributed by atoms with Crippen LogP contribution in [0.3, 0.4) is 0 Å². The fraction of sp³-hybridized carbons (Fsp3) is 0.444. The molecule has 0 saturated heterocycles. The quantitative estimate of drug-likeness (QED) is 0.604. The van der Waals surface area contributed by atoms with Crippen LogP contribution in [0.4, 0.5) is 10.8 Å². The SMILES string of the molecule is CC(=O)N1CCc2cc(C(=O)C(C)Sc3nnc(NC4CC4)s3)ccc21. The molecule has 1 aliphatic heterocycles. The van der Waals surface area contributed by atoms with Crippen LogP contribution in [-0.4, -0.2) is 39.7 Å². The summed E-state index contributed by atoms with van der Waals surface area (Å²) in [6.07, 6.45) is 3.18. The average Bonchev–Trinajstić information content (AvgIpc) is 3.15. The summed E-state index contributed by atoms with van der Waals surface area (Å²) in [5.41, 5.74) is 2.68. The predicted molar refractivity (Wildman–Crippen MR) is 104 cm³/mol. The number of hydrogen-bond acceptors (Lipinski definition) is 7. The van der Waals surface area contributed by atoms with Crippen LogP contribution in [0.25, 0.3) is 0 Å². The van der Waals surface area contributed by atoms with E-state index in [-0.39, 0.29) is 16.9 Å². The smallest absolute Gasteiger partial charge is 0.223 e. The van der Waals surface area contributed by atoms with Crippen LogP contribution in [0.5, 0.6) is 0 Å². The summed E-state index contributed by atoms with van der Waals surface area (Å²) in [5.74, 6) is 0.115. The van der Waals surface area contributed by atoms with Gasteiger partial charge in [0.25, 0.3) is 0 Å². The van der Waals surface area contributed by atoms with Crippen molar-refractivity contribution < 1.29 is 9.59 Å². The Hall–Kier alpha value is -1.93. The fourth-order valence-electron chi connectivity index (χ4n) is 3.04. The van der Waals surface area contributed by atoms with Gasteiger partial charge in [0.05, 0.1) is 5.25 Å². The summed E-state index contributed by atoms with van der Waals surface area (Å²) >= 11 is 2.94. The number of nitrogens with one attached hydrogen (secondary N) is 1. The lowest BCUT2D eigenvalue weighted by Crippen LogP contribution is -2.25. The average molecular weight is 389 g/mol. The maximum atomic E-state index is 12.8. The number of rotatable bonds is 6. The van der Waals surface area contributed by atoms with Crippen LogP contribution in [0, 0.1) is 0 Å². The molecule has 1 aromatic heterocycles. The highest BCUT2D eigenvalue weighted by Gasteiger charge is 2.26. The zero-order valence-electron chi connectivity index (χ0n) is 14.7. The summed E-state index contributed by atoms with van der Waals surface area (Å²) in [4.78, 5) is 26.2. The van der Waals surface area contributed by atoms with Crippen molar-refractivity contribution in [1.82, 2.24) is 10.2 Å².